The number of hydrogen-bond acceptors (Lipinski definition) is 4. The maximum absolute atomic E-state index is 13.1. The molecule has 0 aliphatic carbocycles. The van der Waals surface area contributed by atoms with Crippen molar-refractivity contribution in [2.24, 2.45) is 0 Å². The monoisotopic (exact) mass is 451 g/mol. The number of carbonyl (C=O) groups excluding carboxylic acids is 1. The van der Waals surface area contributed by atoms with Gasteiger partial charge in [-0.05, 0) is 76.3 Å². The third-order valence-corrected chi connectivity index (χ3v) is 5.85. The normalized spacial score (nSPS) is 15.9. The van der Waals surface area contributed by atoms with E-state index in [1.165, 1.54) is 0 Å². The molecule has 0 saturated carbocycles. The van der Waals surface area contributed by atoms with Gasteiger partial charge < -0.3 is 19.1 Å². The molecule has 0 bridgehead atoms. The van der Waals surface area contributed by atoms with Crippen molar-refractivity contribution in [2.75, 3.05) is 13.7 Å². The molecule has 2 atom stereocenters. The highest BCUT2D eigenvalue weighted by Gasteiger charge is 2.27. The number of fused-ring (bicyclic) bond motifs is 1. The van der Waals surface area contributed by atoms with Gasteiger partial charge in [-0.2, -0.15) is 0 Å². The fourth-order valence-electron chi connectivity index (χ4n) is 4.01. The van der Waals surface area contributed by atoms with E-state index < -0.39 is 5.60 Å². The van der Waals surface area contributed by atoms with Gasteiger partial charge in [-0.1, -0.05) is 43.3 Å². The summed E-state index contributed by atoms with van der Waals surface area (Å²) in [6.07, 6.45) is 6.40. The first-order chi connectivity index (χ1) is 15.7. The highest BCUT2D eigenvalue weighted by Crippen LogP contribution is 2.30. The molecule has 0 aromatic heterocycles. The van der Waals surface area contributed by atoms with Crippen LogP contribution in [-0.4, -0.2) is 36.4 Å². The number of rotatable bonds is 8. The minimum atomic E-state index is -0.558. The van der Waals surface area contributed by atoms with Crippen LogP contribution in [0.5, 0.6) is 11.5 Å². The summed E-state index contributed by atoms with van der Waals surface area (Å²) >= 11 is 0. The van der Waals surface area contributed by atoms with E-state index in [0.29, 0.717) is 6.54 Å². The van der Waals surface area contributed by atoms with Gasteiger partial charge in [0.2, 0.25) is 0 Å². The van der Waals surface area contributed by atoms with Crippen LogP contribution >= 0.6 is 0 Å². The first-order valence-corrected chi connectivity index (χ1v) is 11.8. The average molecular weight is 452 g/mol. The van der Waals surface area contributed by atoms with Gasteiger partial charge >= 0.3 is 6.09 Å². The van der Waals surface area contributed by atoms with Gasteiger partial charge in [0.05, 0.1) is 13.2 Å². The van der Waals surface area contributed by atoms with Crippen molar-refractivity contribution in [3.8, 4) is 11.5 Å². The lowest BCUT2D eigenvalue weighted by molar-refractivity contribution is 0.0165. The van der Waals surface area contributed by atoms with Gasteiger partial charge in [0, 0.05) is 12.1 Å². The summed E-state index contributed by atoms with van der Waals surface area (Å²) in [6, 6.07) is 14.1. The fourth-order valence-corrected chi connectivity index (χ4v) is 4.01. The molecule has 2 unspecified atom stereocenters. The summed E-state index contributed by atoms with van der Waals surface area (Å²) in [5, 5.41) is 0. The van der Waals surface area contributed by atoms with Crippen LogP contribution in [0, 0.1) is 0 Å². The standard InChI is InChI=1S/C28H37NO4/c1-7-21-14-15-23(19-26(21)31-6)20(2)29(27(30)33-28(3,4)5)18-10-12-24-17-16-22-11-8-9-13-25(22)32-24/h8-9,11,13-17,19-20,24H,7,10,12,18H2,1-6H3. The summed E-state index contributed by atoms with van der Waals surface area (Å²) in [7, 11) is 1.68. The van der Waals surface area contributed by atoms with Crippen LogP contribution in [0.1, 0.15) is 70.2 Å². The number of benzene rings is 2. The molecule has 1 heterocycles. The van der Waals surface area contributed by atoms with Crippen molar-refractivity contribution in [1.29, 1.82) is 0 Å². The van der Waals surface area contributed by atoms with Crippen molar-refractivity contribution >= 4 is 12.2 Å². The summed E-state index contributed by atoms with van der Waals surface area (Å²) in [5.41, 5.74) is 2.72. The van der Waals surface area contributed by atoms with E-state index in [-0.39, 0.29) is 18.2 Å². The zero-order valence-corrected chi connectivity index (χ0v) is 20.8. The Bertz CT molecular complexity index is 976. The number of nitrogens with zero attached hydrogens (tertiary/aromatic N) is 1. The van der Waals surface area contributed by atoms with Crippen molar-refractivity contribution in [3.63, 3.8) is 0 Å². The van der Waals surface area contributed by atoms with Crippen molar-refractivity contribution < 1.29 is 19.0 Å². The number of ether oxygens (including phenoxy) is 3. The van der Waals surface area contributed by atoms with Crippen LogP contribution in [0.2, 0.25) is 0 Å². The number of amides is 1. The highest BCUT2D eigenvalue weighted by atomic mass is 16.6. The topological polar surface area (TPSA) is 48.0 Å². The maximum Gasteiger partial charge on any atom is 0.410 e. The first-order valence-electron chi connectivity index (χ1n) is 11.8. The molecule has 3 rings (SSSR count). The van der Waals surface area contributed by atoms with Gasteiger partial charge in [-0.25, -0.2) is 4.79 Å². The van der Waals surface area contributed by atoms with E-state index in [0.717, 1.165) is 47.5 Å². The quantitative estimate of drug-likeness (QED) is 0.442. The van der Waals surface area contributed by atoms with Gasteiger partial charge in [-0.15, -0.1) is 0 Å². The number of para-hydroxylation sites is 1. The Balaban J connectivity index is 1.71. The second-order valence-corrected chi connectivity index (χ2v) is 9.47. The van der Waals surface area contributed by atoms with E-state index in [1.54, 1.807) is 7.11 Å². The lowest BCUT2D eigenvalue weighted by Crippen LogP contribution is -2.39. The SMILES string of the molecule is CCc1ccc(C(C)N(CCCC2C=Cc3ccccc3O2)C(=O)OC(C)(C)C)cc1OC. The van der Waals surface area contributed by atoms with Crippen LogP contribution < -0.4 is 9.47 Å². The summed E-state index contributed by atoms with van der Waals surface area (Å²) < 4.78 is 17.4. The number of aryl methyl sites for hydroxylation is 1. The lowest BCUT2D eigenvalue weighted by atomic mass is 10.0. The van der Waals surface area contributed by atoms with E-state index in [2.05, 4.69) is 31.2 Å². The zero-order chi connectivity index (χ0) is 24.0. The molecule has 5 heteroatoms. The molecule has 0 saturated heterocycles. The molecular weight excluding hydrogens is 414 g/mol. The number of methoxy groups -OCH3 is 1. The fraction of sp³-hybridized carbons (Fsp3) is 0.464. The minimum absolute atomic E-state index is 0.000348. The first kappa shape index (κ1) is 24.7. The number of hydrogen-bond donors (Lipinski definition) is 0. The Morgan fingerprint density at radius 2 is 1.94 bits per heavy atom. The summed E-state index contributed by atoms with van der Waals surface area (Å²) in [6.45, 7) is 10.4. The van der Waals surface area contributed by atoms with Crippen molar-refractivity contribution in [1.82, 2.24) is 4.90 Å². The smallest absolute Gasteiger partial charge is 0.410 e. The molecule has 2 aromatic carbocycles. The molecule has 0 N–H and O–H groups in total. The van der Waals surface area contributed by atoms with Crippen LogP contribution in [-0.2, 0) is 11.2 Å². The Hall–Kier alpha value is -2.95. The zero-order valence-electron chi connectivity index (χ0n) is 20.8. The molecular formula is C28H37NO4. The van der Waals surface area contributed by atoms with Crippen LogP contribution in [0.25, 0.3) is 6.08 Å². The molecule has 1 aliphatic rings. The van der Waals surface area contributed by atoms with E-state index in [9.17, 15) is 4.79 Å². The van der Waals surface area contributed by atoms with E-state index >= 15 is 0 Å². The van der Waals surface area contributed by atoms with Crippen molar-refractivity contribution in [2.45, 2.75) is 71.6 Å². The summed E-state index contributed by atoms with van der Waals surface area (Å²) in [4.78, 5) is 14.9. The van der Waals surface area contributed by atoms with E-state index in [4.69, 9.17) is 14.2 Å². The third kappa shape index (κ3) is 6.53. The van der Waals surface area contributed by atoms with Crippen molar-refractivity contribution in [3.05, 3.63) is 65.2 Å². The predicted molar refractivity (Wildman–Crippen MR) is 133 cm³/mol. The largest absolute Gasteiger partial charge is 0.496 e. The number of carbonyl (C=O) groups is 1. The molecule has 0 spiro atoms. The molecule has 33 heavy (non-hydrogen) atoms. The highest BCUT2D eigenvalue weighted by molar-refractivity contribution is 5.69. The molecule has 0 fully saturated rings. The Labute approximate surface area is 198 Å². The molecule has 0 radical (unpaired) electrons. The Kier molecular flexibility index (Phi) is 8.06. The summed E-state index contributed by atoms with van der Waals surface area (Å²) in [5.74, 6) is 1.76. The molecule has 178 valence electrons. The van der Waals surface area contributed by atoms with Gasteiger partial charge in [0.15, 0.2) is 0 Å². The second kappa shape index (κ2) is 10.8. The lowest BCUT2D eigenvalue weighted by Gasteiger charge is -2.32. The second-order valence-electron chi connectivity index (χ2n) is 9.47. The minimum Gasteiger partial charge on any atom is -0.496 e. The van der Waals surface area contributed by atoms with E-state index in [1.807, 2.05) is 62.9 Å². The predicted octanol–water partition coefficient (Wildman–Crippen LogP) is 6.81. The average Bonchev–Trinajstić information content (AvgIpc) is 2.79. The molecule has 2 aromatic rings. The van der Waals surface area contributed by atoms with Gasteiger partial charge in [0.1, 0.15) is 23.2 Å². The van der Waals surface area contributed by atoms with Crippen LogP contribution in [0.15, 0.2) is 48.5 Å². The van der Waals surface area contributed by atoms with Crippen LogP contribution in [0.4, 0.5) is 4.79 Å². The third-order valence-electron chi connectivity index (χ3n) is 5.85. The van der Waals surface area contributed by atoms with Gasteiger partial charge in [0.25, 0.3) is 0 Å². The van der Waals surface area contributed by atoms with Crippen LogP contribution in [0.3, 0.4) is 0 Å². The molecule has 1 amide bonds. The Morgan fingerprint density at radius 1 is 1.18 bits per heavy atom. The Morgan fingerprint density at radius 3 is 2.64 bits per heavy atom. The van der Waals surface area contributed by atoms with Gasteiger partial charge in [-0.3, -0.25) is 0 Å². The maximum atomic E-state index is 13.1. The molecule has 1 aliphatic heterocycles. The molecule has 5 nitrogen and oxygen atoms in total.